The highest BCUT2D eigenvalue weighted by atomic mass is 32.2. The van der Waals surface area contributed by atoms with Crippen LogP contribution in [0.4, 0.5) is 5.69 Å². The molecule has 3 aromatic rings. The molecule has 0 aliphatic heterocycles. The van der Waals surface area contributed by atoms with E-state index in [0.29, 0.717) is 5.75 Å². The van der Waals surface area contributed by atoms with Crippen molar-refractivity contribution in [2.45, 2.75) is 19.0 Å². The minimum absolute atomic E-state index is 0.0392. The van der Waals surface area contributed by atoms with E-state index in [1.54, 1.807) is 7.11 Å². The molecular weight excluding hydrogens is 358 g/mol. The van der Waals surface area contributed by atoms with Gasteiger partial charge in [0, 0.05) is 18.3 Å². The van der Waals surface area contributed by atoms with Crippen molar-refractivity contribution in [1.82, 2.24) is 9.55 Å². The summed E-state index contributed by atoms with van der Waals surface area (Å²) in [6, 6.07) is 13.9. The SMILES string of the molecule is COc1ccc(-c2cnc(SCC(=O)Nc3cc(C)ccc3C)n2C)cc1. The lowest BCUT2D eigenvalue weighted by Crippen LogP contribution is -2.15. The summed E-state index contributed by atoms with van der Waals surface area (Å²) in [6.45, 7) is 4.00. The molecule has 1 heterocycles. The van der Waals surface area contributed by atoms with Crippen LogP contribution in [-0.4, -0.2) is 28.3 Å². The summed E-state index contributed by atoms with van der Waals surface area (Å²) in [4.78, 5) is 16.8. The molecule has 3 rings (SSSR count). The molecule has 0 saturated carbocycles. The number of imidazole rings is 1. The Labute approximate surface area is 163 Å². The van der Waals surface area contributed by atoms with E-state index in [4.69, 9.17) is 4.74 Å². The van der Waals surface area contributed by atoms with Crippen LogP contribution in [0.5, 0.6) is 5.75 Å². The number of hydrogen-bond donors (Lipinski definition) is 1. The van der Waals surface area contributed by atoms with Gasteiger partial charge in [-0.1, -0.05) is 23.9 Å². The number of ether oxygens (including phenoxy) is 1. The number of nitrogens with one attached hydrogen (secondary N) is 1. The third-order valence-corrected chi connectivity index (χ3v) is 5.37. The third kappa shape index (κ3) is 4.52. The molecule has 1 amide bonds. The second-order valence-corrected chi connectivity index (χ2v) is 7.31. The lowest BCUT2D eigenvalue weighted by molar-refractivity contribution is -0.113. The van der Waals surface area contributed by atoms with Gasteiger partial charge in [-0.25, -0.2) is 4.98 Å². The van der Waals surface area contributed by atoms with Gasteiger partial charge >= 0.3 is 0 Å². The van der Waals surface area contributed by atoms with Gasteiger partial charge in [-0.05, 0) is 55.3 Å². The van der Waals surface area contributed by atoms with E-state index in [1.807, 2.05) is 74.1 Å². The second kappa shape index (κ2) is 8.31. The summed E-state index contributed by atoms with van der Waals surface area (Å²) >= 11 is 1.42. The molecule has 0 atom stereocenters. The molecule has 6 heteroatoms. The highest BCUT2D eigenvalue weighted by Gasteiger charge is 2.12. The van der Waals surface area contributed by atoms with Gasteiger partial charge in [0.15, 0.2) is 5.16 Å². The maximum absolute atomic E-state index is 12.3. The Hall–Kier alpha value is -2.73. The van der Waals surface area contributed by atoms with Crippen molar-refractivity contribution < 1.29 is 9.53 Å². The van der Waals surface area contributed by atoms with Gasteiger partial charge in [0.05, 0.1) is 24.8 Å². The fraction of sp³-hybridized carbons (Fsp3) is 0.238. The fourth-order valence-corrected chi connectivity index (χ4v) is 3.50. The quantitative estimate of drug-likeness (QED) is 0.641. The minimum Gasteiger partial charge on any atom is -0.497 e. The van der Waals surface area contributed by atoms with E-state index in [9.17, 15) is 4.79 Å². The van der Waals surface area contributed by atoms with E-state index in [-0.39, 0.29) is 5.91 Å². The maximum atomic E-state index is 12.3. The van der Waals surface area contributed by atoms with Crippen molar-refractivity contribution in [3.63, 3.8) is 0 Å². The maximum Gasteiger partial charge on any atom is 0.234 e. The van der Waals surface area contributed by atoms with Crippen LogP contribution in [0, 0.1) is 13.8 Å². The van der Waals surface area contributed by atoms with Crippen LogP contribution in [0.15, 0.2) is 53.8 Å². The number of aromatic nitrogens is 2. The number of nitrogens with zero attached hydrogens (tertiary/aromatic N) is 2. The van der Waals surface area contributed by atoms with Crippen molar-refractivity contribution in [2.75, 3.05) is 18.2 Å². The zero-order chi connectivity index (χ0) is 19.4. The van der Waals surface area contributed by atoms with Crippen molar-refractivity contribution >= 4 is 23.4 Å². The molecule has 140 valence electrons. The number of rotatable bonds is 6. The number of carbonyl (C=O) groups excluding carboxylic acids is 1. The Morgan fingerprint density at radius 1 is 1.19 bits per heavy atom. The van der Waals surface area contributed by atoms with Gasteiger partial charge in [0.25, 0.3) is 0 Å². The largest absolute Gasteiger partial charge is 0.497 e. The molecular formula is C21H23N3O2S. The zero-order valence-electron chi connectivity index (χ0n) is 15.9. The molecule has 0 unspecified atom stereocenters. The van der Waals surface area contributed by atoms with Crippen LogP contribution >= 0.6 is 11.8 Å². The molecule has 1 aromatic heterocycles. The predicted molar refractivity (Wildman–Crippen MR) is 110 cm³/mol. The van der Waals surface area contributed by atoms with Crippen LogP contribution in [0.25, 0.3) is 11.3 Å². The van der Waals surface area contributed by atoms with Gasteiger partial charge in [-0.15, -0.1) is 0 Å². The molecule has 0 radical (unpaired) electrons. The Morgan fingerprint density at radius 3 is 2.63 bits per heavy atom. The number of benzene rings is 2. The van der Waals surface area contributed by atoms with Crippen LogP contribution in [0.1, 0.15) is 11.1 Å². The molecule has 5 nitrogen and oxygen atoms in total. The van der Waals surface area contributed by atoms with E-state index in [0.717, 1.165) is 39.0 Å². The van der Waals surface area contributed by atoms with Crippen LogP contribution in [0.2, 0.25) is 0 Å². The second-order valence-electron chi connectivity index (χ2n) is 6.37. The van der Waals surface area contributed by atoms with E-state index >= 15 is 0 Å². The molecule has 0 aliphatic rings. The summed E-state index contributed by atoms with van der Waals surface area (Å²) in [7, 11) is 3.61. The van der Waals surface area contributed by atoms with Crippen molar-refractivity contribution in [3.05, 3.63) is 59.8 Å². The summed E-state index contributed by atoms with van der Waals surface area (Å²) in [5, 5.41) is 3.78. The Morgan fingerprint density at radius 2 is 1.93 bits per heavy atom. The average molecular weight is 382 g/mol. The summed E-state index contributed by atoms with van der Waals surface area (Å²) in [5.74, 6) is 1.08. The number of methoxy groups -OCH3 is 1. The van der Waals surface area contributed by atoms with Gasteiger partial charge in [0.2, 0.25) is 5.91 Å². The number of aryl methyl sites for hydroxylation is 2. The van der Waals surface area contributed by atoms with E-state index in [1.165, 1.54) is 11.8 Å². The number of amides is 1. The first kappa shape index (κ1) is 19.0. The Balaban J connectivity index is 1.65. The molecule has 0 saturated heterocycles. The van der Waals surface area contributed by atoms with Crippen molar-refractivity contribution in [3.8, 4) is 17.0 Å². The first-order valence-corrected chi connectivity index (χ1v) is 9.62. The molecule has 0 fully saturated rings. The van der Waals surface area contributed by atoms with Crippen LogP contribution in [-0.2, 0) is 11.8 Å². The average Bonchev–Trinajstić information content (AvgIpc) is 3.03. The highest BCUT2D eigenvalue weighted by Crippen LogP contribution is 2.26. The predicted octanol–water partition coefficient (Wildman–Crippen LogP) is 4.44. The van der Waals surface area contributed by atoms with Crippen LogP contribution in [0.3, 0.4) is 0 Å². The Bertz CT molecular complexity index is 949. The number of hydrogen-bond acceptors (Lipinski definition) is 4. The monoisotopic (exact) mass is 381 g/mol. The Kier molecular flexibility index (Phi) is 5.86. The molecule has 1 N–H and O–H groups in total. The molecule has 0 bridgehead atoms. The van der Waals surface area contributed by atoms with Crippen LogP contribution < -0.4 is 10.1 Å². The van der Waals surface area contributed by atoms with Gasteiger partial charge < -0.3 is 14.6 Å². The summed E-state index contributed by atoms with van der Waals surface area (Å²) in [5.41, 5.74) is 5.08. The number of carbonyl (C=O) groups is 1. The number of anilines is 1. The van der Waals surface area contributed by atoms with Crippen molar-refractivity contribution in [1.29, 1.82) is 0 Å². The highest BCUT2D eigenvalue weighted by molar-refractivity contribution is 7.99. The summed E-state index contributed by atoms with van der Waals surface area (Å²) < 4.78 is 7.20. The molecule has 27 heavy (non-hydrogen) atoms. The van der Waals surface area contributed by atoms with Gasteiger partial charge in [-0.3, -0.25) is 4.79 Å². The molecule has 2 aromatic carbocycles. The number of thioether (sulfide) groups is 1. The molecule has 0 spiro atoms. The first-order chi connectivity index (χ1) is 13.0. The normalized spacial score (nSPS) is 10.7. The topological polar surface area (TPSA) is 56.1 Å². The van der Waals surface area contributed by atoms with Gasteiger partial charge in [0.1, 0.15) is 5.75 Å². The van der Waals surface area contributed by atoms with E-state index in [2.05, 4.69) is 10.3 Å². The standard InChI is InChI=1S/C21H23N3O2S/c1-14-5-6-15(2)18(11-14)23-20(25)13-27-21-22-12-19(24(21)3)16-7-9-17(26-4)10-8-16/h5-12H,13H2,1-4H3,(H,23,25). The minimum atomic E-state index is -0.0392. The van der Waals surface area contributed by atoms with Crippen molar-refractivity contribution in [2.24, 2.45) is 7.05 Å². The van der Waals surface area contributed by atoms with Gasteiger partial charge in [-0.2, -0.15) is 0 Å². The zero-order valence-corrected chi connectivity index (χ0v) is 16.8. The third-order valence-electron chi connectivity index (χ3n) is 4.33. The lowest BCUT2D eigenvalue weighted by atomic mass is 10.1. The first-order valence-electron chi connectivity index (χ1n) is 8.64. The summed E-state index contributed by atoms with van der Waals surface area (Å²) in [6.07, 6.45) is 1.83. The smallest absolute Gasteiger partial charge is 0.234 e. The molecule has 0 aliphatic carbocycles. The lowest BCUT2D eigenvalue weighted by Gasteiger charge is -2.10. The fourth-order valence-electron chi connectivity index (χ4n) is 2.74. The van der Waals surface area contributed by atoms with E-state index < -0.39 is 0 Å².